The summed E-state index contributed by atoms with van der Waals surface area (Å²) in [5.74, 6) is 1.77. The lowest BCUT2D eigenvalue weighted by Gasteiger charge is -2.23. The molecule has 0 amide bonds. The van der Waals surface area contributed by atoms with Crippen molar-refractivity contribution < 1.29 is 13.2 Å². The van der Waals surface area contributed by atoms with E-state index in [9.17, 15) is 8.42 Å². The summed E-state index contributed by atoms with van der Waals surface area (Å²) in [6.45, 7) is 6.67. The Hall–Kier alpha value is -0.390. The molecule has 0 heterocycles. The zero-order valence-corrected chi connectivity index (χ0v) is 14.7. The molecule has 1 aromatic carbocycles. The zero-order chi connectivity index (χ0) is 15.4. The van der Waals surface area contributed by atoms with Gasteiger partial charge in [-0.05, 0) is 42.0 Å². The SMILES string of the molecule is CSCCCOc1ccc(S(=O)(=O)Cl)cc1C(C)(C)C. The van der Waals surface area contributed by atoms with Crippen LogP contribution >= 0.6 is 22.4 Å². The van der Waals surface area contributed by atoms with Crippen molar-refractivity contribution in [2.45, 2.75) is 37.5 Å². The van der Waals surface area contributed by atoms with Gasteiger partial charge in [-0.15, -0.1) is 0 Å². The molecule has 0 radical (unpaired) electrons. The zero-order valence-electron chi connectivity index (χ0n) is 12.3. The summed E-state index contributed by atoms with van der Waals surface area (Å²) < 4.78 is 28.7. The van der Waals surface area contributed by atoms with E-state index in [1.54, 1.807) is 23.9 Å². The van der Waals surface area contributed by atoms with Gasteiger partial charge in [0.05, 0.1) is 11.5 Å². The van der Waals surface area contributed by atoms with E-state index in [0.717, 1.165) is 23.5 Å². The Morgan fingerprint density at radius 3 is 2.45 bits per heavy atom. The highest BCUT2D eigenvalue weighted by Crippen LogP contribution is 2.34. The van der Waals surface area contributed by atoms with E-state index in [-0.39, 0.29) is 10.3 Å². The van der Waals surface area contributed by atoms with Gasteiger partial charge in [-0.3, -0.25) is 0 Å². The Labute approximate surface area is 130 Å². The maximum atomic E-state index is 11.4. The molecule has 3 nitrogen and oxygen atoms in total. The molecular weight excluding hydrogens is 316 g/mol. The summed E-state index contributed by atoms with van der Waals surface area (Å²) >= 11 is 1.78. The summed E-state index contributed by atoms with van der Waals surface area (Å²) in [7, 11) is 1.69. The van der Waals surface area contributed by atoms with Crippen LogP contribution in [-0.4, -0.2) is 27.0 Å². The van der Waals surface area contributed by atoms with Gasteiger partial charge >= 0.3 is 0 Å². The van der Waals surface area contributed by atoms with Crippen LogP contribution in [0.25, 0.3) is 0 Å². The topological polar surface area (TPSA) is 43.4 Å². The number of rotatable bonds is 6. The lowest BCUT2D eigenvalue weighted by atomic mass is 9.86. The van der Waals surface area contributed by atoms with E-state index < -0.39 is 9.05 Å². The number of hydrogen-bond acceptors (Lipinski definition) is 4. The fourth-order valence-electron chi connectivity index (χ4n) is 1.76. The predicted octanol–water partition coefficient (Wildman–Crippen LogP) is 4.04. The average molecular weight is 337 g/mol. The second-order valence-corrected chi connectivity index (χ2v) is 9.09. The average Bonchev–Trinajstić information content (AvgIpc) is 2.32. The van der Waals surface area contributed by atoms with Crippen molar-refractivity contribution >= 4 is 31.5 Å². The molecule has 0 bridgehead atoms. The van der Waals surface area contributed by atoms with Crippen molar-refractivity contribution in [3.8, 4) is 5.75 Å². The van der Waals surface area contributed by atoms with E-state index in [2.05, 4.69) is 6.26 Å². The van der Waals surface area contributed by atoms with E-state index in [0.29, 0.717) is 6.61 Å². The maximum Gasteiger partial charge on any atom is 0.261 e. The van der Waals surface area contributed by atoms with Crippen LogP contribution in [0.1, 0.15) is 32.8 Å². The molecule has 0 unspecified atom stereocenters. The summed E-state index contributed by atoms with van der Waals surface area (Å²) in [6.07, 6.45) is 3.01. The van der Waals surface area contributed by atoms with Crippen LogP contribution < -0.4 is 4.74 Å². The molecule has 0 atom stereocenters. The molecule has 0 saturated carbocycles. The van der Waals surface area contributed by atoms with Gasteiger partial charge in [0, 0.05) is 16.2 Å². The number of thioether (sulfide) groups is 1. The van der Waals surface area contributed by atoms with E-state index in [4.69, 9.17) is 15.4 Å². The molecule has 0 N–H and O–H groups in total. The molecule has 6 heteroatoms. The first kappa shape index (κ1) is 17.7. The minimum Gasteiger partial charge on any atom is -0.493 e. The summed E-state index contributed by atoms with van der Waals surface area (Å²) in [5, 5.41) is 0. The summed E-state index contributed by atoms with van der Waals surface area (Å²) in [6, 6.07) is 4.78. The smallest absolute Gasteiger partial charge is 0.261 e. The third-order valence-electron chi connectivity index (χ3n) is 2.79. The molecule has 0 saturated heterocycles. The van der Waals surface area contributed by atoms with E-state index in [1.165, 1.54) is 6.07 Å². The largest absolute Gasteiger partial charge is 0.493 e. The van der Waals surface area contributed by atoms with Crippen LogP contribution in [0.15, 0.2) is 23.1 Å². The number of ether oxygens (including phenoxy) is 1. The van der Waals surface area contributed by atoms with Crippen LogP contribution in [0, 0.1) is 0 Å². The van der Waals surface area contributed by atoms with Crippen LogP contribution in [0.4, 0.5) is 0 Å². The number of benzene rings is 1. The fraction of sp³-hybridized carbons (Fsp3) is 0.571. The molecular formula is C14H21ClO3S2. The van der Waals surface area contributed by atoms with Crippen molar-refractivity contribution in [2.24, 2.45) is 0 Å². The lowest BCUT2D eigenvalue weighted by molar-refractivity contribution is 0.309. The molecule has 114 valence electrons. The summed E-state index contributed by atoms with van der Waals surface area (Å²) in [5.41, 5.74) is 0.635. The van der Waals surface area contributed by atoms with Crippen LogP contribution in [0.5, 0.6) is 5.75 Å². The summed E-state index contributed by atoms with van der Waals surface area (Å²) in [4.78, 5) is 0.112. The normalized spacial score (nSPS) is 12.4. The van der Waals surface area contributed by atoms with Gasteiger partial charge in [0.1, 0.15) is 5.75 Å². The van der Waals surface area contributed by atoms with Crippen molar-refractivity contribution in [1.29, 1.82) is 0 Å². The first-order valence-corrected chi connectivity index (χ1v) is 10.1. The Morgan fingerprint density at radius 1 is 1.30 bits per heavy atom. The molecule has 1 aromatic rings. The van der Waals surface area contributed by atoms with Crippen LogP contribution in [-0.2, 0) is 14.5 Å². The van der Waals surface area contributed by atoms with E-state index >= 15 is 0 Å². The van der Waals surface area contributed by atoms with Crippen molar-refractivity contribution in [3.63, 3.8) is 0 Å². The predicted molar refractivity (Wildman–Crippen MR) is 86.7 cm³/mol. The van der Waals surface area contributed by atoms with Gasteiger partial charge in [-0.25, -0.2) is 8.42 Å². The molecule has 0 fully saturated rings. The minimum absolute atomic E-state index is 0.112. The fourth-order valence-corrected chi connectivity index (χ4v) is 2.94. The monoisotopic (exact) mass is 336 g/mol. The molecule has 20 heavy (non-hydrogen) atoms. The van der Waals surface area contributed by atoms with Crippen molar-refractivity contribution in [2.75, 3.05) is 18.6 Å². The standard InChI is InChI=1S/C14H21ClO3S2/c1-14(2,3)12-10-11(20(15,16)17)6-7-13(12)18-8-5-9-19-4/h6-7,10H,5,8-9H2,1-4H3. The Balaban J connectivity index is 3.06. The molecule has 0 aromatic heterocycles. The highest BCUT2D eigenvalue weighted by atomic mass is 35.7. The second-order valence-electron chi connectivity index (χ2n) is 5.54. The van der Waals surface area contributed by atoms with Gasteiger partial charge in [-0.1, -0.05) is 20.8 Å². The Morgan fingerprint density at radius 2 is 1.95 bits per heavy atom. The molecule has 1 rings (SSSR count). The minimum atomic E-state index is -3.72. The van der Waals surface area contributed by atoms with Crippen molar-refractivity contribution in [3.05, 3.63) is 23.8 Å². The highest BCUT2D eigenvalue weighted by Gasteiger charge is 2.22. The maximum absolute atomic E-state index is 11.4. The molecule has 0 spiro atoms. The lowest BCUT2D eigenvalue weighted by Crippen LogP contribution is -2.15. The second kappa shape index (κ2) is 7.05. The van der Waals surface area contributed by atoms with Crippen LogP contribution in [0.2, 0.25) is 0 Å². The van der Waals surface area contributed by atoms with Gasteiger partial charge < -0.3 is 4.74 Å². The first-order valence-electron chi connectivity index (χ1n) is 6.37. The first-order chi connectivity index (χ1) is 9.16. The van der Waals surface area contributed by atoms with Gasteiger partial charge in [0.15, 0.2) is 0 Å². The highest BCUT2D eigenvalue weighted by molar-refractivity contribution is 8.13. The molecule has 0 aliphatic rings. The quantitative estimate of drug-likeness (QED) is 0.580. The molecule has 0 aliphatic heterocycles. The third-order valence-corrected chi connectivity index (χ3v) is 4.84. The number of hydrogen-bond donors (Lipinski definition) is 0. The van der Waals surface area contributed by atoms with E-state index in [1.807, 2.05) is 20.8 Å². The molecule has 0 aliphatic carbocycles. The van der Waals surface area contributed by atoms with Gasteiger partial charge in [0.25, 0.3) is 9.05 Å². The van der Waals surface area contributed by atoms with Gasteiger partial charge in [0.2, 0.25) is 0 Å². The Kier molecular flexibility index (Phi) is 6.23. The van der Waals surface area contributed by atoms with Crippen molar-refractivity contribution in [1.82, 2.24) is 0 Å². The van der Waals surface area contributed by atoms with Gasteiger partial charge in [-0.2, -0.15) is 11.8 Å². The van der Waals surface area contributed by atoms with Crippen LogP contribution in [0.3, 0.4) is 0 Å². The number of halogens is 1. The third kappa shape index (κ3) is 5.19. The Bertz CT molecular complexity index is 548.